The molecule has 1 aromatic heterocycles. The molecule has 172 valence electrons. The van der Waals surface area contributed by atoms with Crippen molar-refractivity contribution in [2.45, 2.75) is 38.6 Å². The number of piperazine rings is 1. The number of carbonyl (C=O) groups excluding carboxylic acids is 3. The molecule has 0 aliphatic carbocycles. The van der Waals surface area contributed by atoms with Crippen LogP contribution in [0, 0.1) is 6.92 Å². The molecule has 2 heterocycles. The molecule has 0 unspecified atom stereocenters. The number of benzene rings is 1. The Labute approximate surface area is 195 Å². The number of hydrogen-bond donors (Lipinski definition) is 2. The van der Waals surface area contributed by atoms with Crippen LogP contribution in [-0.4, -0.2) is 69.5 Å². The molecule has 1 fully saturated rings. The lowest BCUT2D eigenvalue weighted by Gasteiger charge is -2.35. The number of hydrogen-bond acceptors (Lipinski definition) is 5. The highest BCUT2D eigenvalue weighted by Gasteiger charge is 2.28. The van der Waals surface area contributed by atoms with Crippen LogP contribution >= 0.6 is 15.9 Å². The van der Waals surface area contributed by atoms with E-state index in [1.165, 1.54) is 0 Å². The number of nitrogens with zero attached hydrogens (tertiary/aromatic N) is 3. The molecule has 9 nitrogen and oxygen atoms in total. The minimum atomic E-state index is -0.550. The maximum atomic E-state index is 13.0. The van der Waals surface area contributed by atoms with Crippen LogP contribution in [0.2, 0.25) is 0 Å². The zero-order chi connectivity index (χ0) is 23.5. The van der Waals surface area contributed by atoms with Crippen LogP contribution in [0.25, 0.3) is 0 Å². The Morgan fingerprint density at radius 1 is 1.16 bits per heavy atom. The Bertz CT molecular complexity index is 1010. The van der Waals surface area contributed by atoms with Gasteiger partial charge in [-0.2, -0.15) is 0 Å². The summed E-state index contributed by atoms with van der Waals surface area (Å²) in [6.45, 7) is 9.03. The fourth-order valence-electron chi connectivity index (χ4n) is 3.30. The van der Waals surface area contributed by atoms with Gasteiger partial charge in [0.2, 0.25) is 0 Å². The topological polar surface area (TPSA) is 108 Å². The molecule has 3 rings (SSSR count). The van der Waals surface area contributed by atoms with Crippen LogP contribution < -0.4 is 5.32 Å². The summed E-state index contributed by atoms with van der Waals surface area (Å²) in [6, 6.07) is 5.17. The third-order valence-corrected chi connectivity index (χ3v) is 5.52. The van der Waals surface area contributed by atoms with Crippen molar-refractivity contribution in [1.82, 2.24) is 19.8 Å². The molecule has 0 bridgehead atoms. The number of halogens is 1. The highest BCUT2D eigenvalue weighted by molar-refractivity contribution is 9.08. The van der Waals surface area contributed by atoms with E-state index < -0.39 is 5.60 Å². The van der Waals surface area contributed by atoms with E-state index in [4.69, 9.17) is 4.74 Å². The van der Waals surface area contributed by atoms with Gasteiger partial charge in [-0.15, -0.1) is 0 Å². The van der Waals surface area contributed by atoms with Gasteiger partial charge in [0.15, 0.2) is 5.82 Å². The molecule has 0 saturated carbocycles. The van der Waals surface area contributed by atoms with E-state index in [0.717, 1.165) is 11.3 Å². The highest BCUT2D eigenvalue weighted by atomic mass is 79.9. The molecule has 0 atom stereocenters. The van der Waals surface area contributed by atoms with Gasteiger partial charge in [0, 0.05) is 54.7 Å². The van der Waals surface area contributed by atoms with Crippen molar-refractivity contribution in [3.05, 3.63) is 47.0 Å². The predicted octanol–water partition coefficient (Wildman–Crippen LogP) is 3.56. The summed E-state index contributed by atoms with van der Waals surface area (Å²) in [5.41, 5.74) is 2.15. The molecule has 1 saturated heterocycles. The molecule has 1 aliphatic rings. The standard InChI is InChI=1S/C22H28BrN5O4/c1-14-11-15(26-19(29)18-24-13-16(12-23)25-18)5-6-17(14)20(30)27-7-9-28(10-8-27)21(31)32-22(2,3)4/h5-6,11,13H,7-10,12H2,1-4H3,(H,24,25)(H,26,29). The minimum Gasteiger partial charge on any atom is -0.444 e. The second-order valence-corrected chi connectivity index (χ2v) is 9.19. The van der Waals surface area contributed by atoms with Gasteiger partial charge >= 0.3 is 6.09 Å². The van der Waals surface area contributed by atoms with Gasteiger partial charge in [0.05, 0.1) is 0 Å². The zero-order valence-corrected chi connectivity index (χ0v) is 20.3. The first kappa shape index (κ1) is 23.8. The van der Waals surface area contributed by atoms with Crippen molar-refractivity contribution in [1.29, 1.82) is 0 Å². The fourth-order valence-corrected chi connectivity index (χ4v) is 3.59. The van der Waals surface area contributed by atoms with Crippen molar-refractivity contribution in [3.63, 3.8) is 0 Å². The SMILES string of the molecule is Cc1cc(NC(=O)c2ncc(CBr)[nH]2)ccc1C(=O)N1CCN(C(=O)OC(C)(C)C)CC1. The normalized spacial score (nSPS) is 14.3. The maximum absolute atomic E-state index is 13.0. The Hall–Kier alpha value is -2.88. The number of amides is 3. The van der Waals surface area contributed by atoms with E-state index in [-0.39, 0.29) is 23.7 Å². The van der Waals surface area contributed by atoms with E-state index >= 15 is 0 Å². The van der Waals surface area contributed by atoms with E-state index in [1.807, 2.05) is 27.7 Å². The lowest BCUT2D eigenvalue weighted by Crippen LogP contribution is -2.51. The molecular weight excluding hydrogens is 478 g/mol. The molecule has 0 spiro atoms. The first-order chi connectivity index (χ1) is 15.1. The van der Waals surface area contributed by atoms with E-state index in [0.29, 0.717) is 42.8 Å². The first-order valence-electron chi connectivity index (χ1n) is 10.4. The number of H-pyrrole nitrogens is 1. The van der Waals surface area contributed by atoms with E-state index in [2.05, 4.69) is 31.2 Å². The zero-order valence-electron chi connectivity index (χ0n) is 18.7. The number of aromatic nitrogens is 2. The number of nitrogens with one attached hydrogen (secondary N) is 2. The molecular formula is C22H28BrN5O4. The average molecular weight is 506 g/mol. The van der Waals surface area contributed by atoms with Crippen molar-refractivity contribution in [2.24, 2.45) is 0 Å². The van der Waals surface area contributed by atoms with Gasteiger partial charge in [0.25, 0.3) is 11.8 Å². The summed E-state index contributed by atoms with van der Waals surface area (Å²) in [6.07, 6.45) is 1.24. The van der Waals surface area contributed by atoms with Crippen LogP contribution in [0.1, 0.15) is 53.0 Å². The van der Waals surface area contributed by atoms with E-state index in [9.17, 15) is 14.4 Å². The third kappa shape index (κ3) is 5.87. The third-order valence-electron chi connectivity index (χ3n) is 4.92. The van der Waals surface area contributed by atoms with Crippen molar-refractivity contribution >= 4 is 39.5 Å². The van der Waals surface area contributed by atoms with Gasteiger partial charge < -0.3 is 24.8 Å². The van der Waals surface area contributed by atoms with Gasteiger partial charge in [0.1, 0.15) is 5.60 Å². The second kappa shape index (κ2) is 9.72. The lowest BCUT2D eigenvalue weighted by atomic mass is 10.1. The molecule has 10 heteroatoms. The number of carbonyl (C=O) groups is 3. The summed E-state index contributed by atoms with van der Waals surface area (Å²) < 4.78 is 5.40. The quantitative estimate of drug-likeness (QED) is 0.617. The molecule has 3 amide bonds. The molecule has 0 radical (unpaired) electrons. The maximum Gasteiger partial charge on any atom is 0.410 e. The van der Waals surface area contributed by atoms with Crippen LogP contribution in [0.3, 0.4) is 0 Å². The number of aryl methyl sites for hydroxylation is 1. The molecule has 1 aromatic carbocycles. The Morgan fingerprint density at radius 3 is 2.38 bits per heavy atom. The summed E-state index contributed by atoms with van der Waals surface area (Å²) >= 11 is 3.31. The average Bonchev–Trinajstić information content (AvgIpc) is 3.22. The number of ether oxygens (including phenoxy) is 1. The number of aromatic amines is 1. The fraction of sp³-hybridized carbons (Fsp3) is 0.455. The molecule has 1 aliphatic heterocycles. The number of imidazole rings is 1. The summed E-state index contributed by atoms with van der Waals surface area (Å²) in [5, 5.41) is 3.37. The summed E-state index contributed by atoms with van der Waals surface area (Å²) in [5.74, 6) is -0.230. The summed E-state index contributed by atoms with van der Waals surface area (Å²) in [7, 11) is 0. The van der Waals surface area contributed by atoms with Crippen molar-refractivity contribution in [2.75, 3.05) is 31.5 Å². The van der Waals surface area contributed by atoms with Crippen LogP contribution in [-0.2, 0) is 10.1 Å². The summed E-state index contributed by atoms with van der Waals surface area (Å²) in [4.78, 5) is 47.9. The molecule has 32 heavy (non-hydrogen) atoms. The Kier molecular flexibility index (Phi) is 7.22. The lowest BCUT2D eigenvalue weighted by molar-refractivity contribution is 0.0140. The Morgan fingerprint density at radius 2 is 1.81 bits per heavy atom. The Balaban J connectivity index is 1.59. The van der Waals surface area contributed by atoms with Crippen molar-refractivity contribution < 1.29 is 19.1 Å². The first-order valence-corrected chi connectivity index (χ1v) is 11.5. The largest absolute Gasteiger partial charge is 0.444 e. The monoisotopic (exact) mass is 505 g/mol. The highest BCUT2D eigenvalue weighted by Crippen LogP contribution is 2.19. The van der Waals surface area contributed by atoms with Crippen LogP contribution in [0.5, 0.6) is 0 Å². The smallest absolute Gasteiger partial charge is 0.410 e. The van der Waals surface area contributed by atoms with Crippen molar-refractivity contribution in [3.8, 4) is 0 Å². The van der Waals surface area contributed by atoms with Gasteiger partial charge in [-0.3, -0.25) is 9.59 Å². The molecule has 2 aromatic rings. The van der Waals surface area contributed by atoms with Gasteiger partial charge in [-0.25, -0.2) is 9.78 Å². The molecule has 2 N–H and O–H groups in total. The predicted molar refractivity (Wildman–Crippen MR) is 124 cm³/mol. The number of alkyl halides is 1. The minimum absolute atomic E-state index is 0.0998. The van der Waals surface area contributed by atoms with Gasteiger partial charge in [-0.1, -0.05) is 15.9 Å². The number of rotatable bonds is 4. The van der Waals surface area contributed by atoms with Crippen LogP contribution in [0.15, 0.2) is 24.4 Å². The second-order valence-electron chi connectivity index (χ2n) is 8.63. The van der Waals surface area contributed by atoms with E-state index in [1.54, 1.807) is 34.2 Å². The number of anilines is 1. The van der Waals surface area contributed by atoms with Crippen LogP contribution in [0.4, 0.5) is 10.5 Å². The van der Waals surface area contributed by atoms with Gasteiger partial charge in [-0.05, 0) is 51.5 Å².